The summed E-state index contributed by atoms with van der Waals surface area (Å²) >= 11 is 3.31. The van der Waals surface area contributed by atoms with E-state index in [4.69, 9.17) is 0 Å². The second-order valence-corrected chi connectivity index (χ2v) is 6.56. The number of nitrogens with one attached hydrogen (secondary N) is 1. The highest BCUT2D eigenvalue weighted by Crippen LogP contribution is 2.22. The van der Waals surface area contributed by atoms with Crippen molar-refractivity contribution in [2.45, 2.75) is 11.8 Å². The standard InChI is InChI=1S/C13H11BrFNO2S/c1-9-7-12(5-6-13(9)14)19(17,18)16-11-4-2-3-10(15)8-11/h2-8,16H,1H3. The van der Waals surface area contributed by atoms with Gasteiger partial charge in [-0.15, -0.1) is 0 Å². The fraction of sp³-hybridized carbons (Fsp3) is 0.0769. The van der Waals surface area contributed by atoms with Crippen molar-refractivity contribution in [1.82, 2.24) is 0 Å². The van der Waals surface area contributed by atoms with Crippen LogP contribution in [0.25, 0.3) is 0 Å². The van der Waals surface area contributed by atoms with Crippen LogP contribution in [0.15, 0.2) is 51.8 Å². The largest absolute Gasteiger partial charge is 0.280 e. The van der Waals surface area contributed by atoms with Crippen molar-refractivity contribution in [3.8, 4) is 0 Å². The molecule has 0 aliphatic heterocycles. The number of rotatable bonds is 3. The first-order chi connectivity index (χ1) is 8.88. The number of benzene rings is 2. The fourth-order valence-electron chi connectivity index (χ4n) is 1.55. The molecular weight excluding hydrogens is 333 g/mol. The lowest BCUT2D eigenvalue weighted by Gasteiger charge is -2.09. The summed E-state index contributed by atoms with van der Waals surface area (Å²) in [6, 6.07) is 10.0. The van der Waals surface area contributed by atoms with Crippen LogP contribution in [-0.4, -0.2) is 8.42 Å². The van der Waals surface area contributed by atoms with Crippen LogP contribution in [0.2, 0.25) is 0 Å². The first-order valence-corrected chi connectivity index (χ1v) is 7.71. The molecule has 1 N–H and O–H groups in total. The third-order valence-corrected chi connectivity index (χ3v) is 4.79. The molecular formula is C13H11BrFNO2S. The van der Waals surface area contributed by atoms with Gasteiger partial charge in [-0.05, 0) is 48.9 Å². The van der Waals surface area contributed by atoms with E-state index in [9.17, 15) is 12.8 Å². The van der Waals surface area contributed by atoms with Gasteiger partial charge in [0.05, 0.1) is 10.6 Å². The highest BCUT2D eigenvalue weighted by atomic mass is 79.9. The average Bonchev–Trinajstić information content (AvgIpc) is 2.32. The molecule has 0 saturated heterocycles. The van der Waals surface area contributed by atoms with Gasteiger partial charge in [0.15, 0.2) is 0 Å². The molecule has 0 radical (unpaired) electrons. The van der Waals surface area contributed by atoms with Crippen molar-refractivity contribution in [3.63, 3.8) is 0 Å². The fourth-order valence-corrected chi connectivity index (χ4v) is 2.93. The van der Waals surface area contributed by atoms with E-state index >= 15 is 0 Å². The molecule has 0 atom stereocenters. The smallest absolute Gasteiger partial charge is 0.261 e. The van der Waals surface area contributed by atoms with Gasteiger partial charge in [-0.25, -0.2) is 12.8 Å². The molecule has 0 amide bonds. The van der Waals surface area contributed by atoms with Gasteiger partial charge in [0.2, 0.25) is 0 Å². The second kappa shape index (κ2) is 5.30. The number of hydrogen-bond acceptors (Lipinski definition) is 2. The van der Waals surface area contributed by atoms with Gasteiger partial charge in [0.1, 0.15) is 5.82 Å². The maximum Gasteiger partial charge on any atom is 0.261 e. The van der Waals surface area contributed by atoms with E-state index in [0.29, 0.717) is 0 Å². The normalized spacial score (nSPS) is 11.3. The molecule has 0 bridgehead atoms. The predicted molar refractivity (Wildman–Crippen MR) is 76.1 cm³/mol. The van der Waals surface area contributed by atoms with Crippen LogP contribution in [0.3, 0.4) is 0 Å². The molecule has 19 heavy (non-hydrogen) atoms. The minimum absolute atomic E-state index is 0.137. The number of sulfonamides is 1. The van der Waals surface area contributed by atoms with Gasteiger partial charge in [0, 0.05) is 4.47 Å². The van der Waals surface area contributed by atoms with Gasteiger partial charge in [-0.3, -0.25) is 4.72 Å². The summed E-state index contributed by atoms with van der Waals surface area (Å²) in [5, 5.41) is 0. The van der Waals surface area contributed by atoms with Gasteiger partial charge in [-0.1, -0.05) is 22.0 Å². The lowest BCUT2D eigenvalue weighted by atomic mass is 10.2. The molecule has 0 saturated carbocycles. The van der Waals surface area contributed by atoms with Gasteiger partial charge in [-0.2, -0.15) is 0 Å². The highest BCUT2D eigenvalue weighted by molar-refractivity contribution is 9.10. The van der Waals surface area contributed by atoms with Gasteiger partial charge < -0.3 is 0 Å². The Labute approximate surface area is 119 Å². The zero-order valence-electron chi connectivity index (χ0n) is 10.0. The highest BCUT2D eigenvalue weighted by Gasteiger charge is 2.15. The van der Waals surface area contributed by atoms with Crippen molar-refractivity contribution >= 4 is 31.6 Å². The molecule has 0 aliphatic carbocycles. The molecule has 100 valence electrons. The van der Waals surface area contributed by atoms with Crippen LogP contribution in [0, 0.1) is 12.7 Å². The van der Waals surface area contributed by atoms with E-state index in [-0.39, 0.29) is 10.6 Å². The Morgan fingerprint density at radius 3 is 2.53 bits per heavy atom. The Kier molecular flexibility index (Phi) is 3.91. The van der Waals surface area contributed by atoms with Crippen LogP contribution in [0.5, 0.6) is 0 Å². The molecule has 3 nitrogen and oxygen atoms in total. The molecule has 0 fully saturated rings. The summed E-state index contributed by atoms with van der Waals surface area (Å²) in [6.07, 6.45) is 0. The van der Waals surface area contributed by atoms with Crippen LogP contribution in [-0.2, 0) is 10.0 Å². The topological polar surface area (TPSA) is 46.2 Å². The zero-order valence-corrected chi connectivity index (χ0v) is 12.4. The van der Waals surface area contributed by atoms with E-state index < -0.39 is 15.8 Å². The Hall–Kier alpha value is -1.40. The predicted octanol–water partition coefficient (Wildman–Crippen LogP) is 3.70. The molecule has 0 unspecified atom stereocenters. The SMILES string of the molecule is Cc1cc(S(=O)(=O)Nc2cccc(F)c2)ccc1Br. The third kappa shape index (κ3) is 3.33. The summed E-state index contributed by atoms with van der Waals surface area (Å²) in [4.78, 5) is 0.137. The van der Waals surface area contributed by atoms with Crippen LogP contribution in [0.4, 0.5) is 10.1 Å². The molecule has 0 heterocycles. The first kappa shape index (κ1) is 14.0. The van der Waals surface area contributed by atoms with E-state index in [1.54, 1.807) is 19.1 Å². The summed E-state index contributed by atoms with van der Waals surface area (Å²) < 4.78 is 40.4. The quantitative estimate of drug-likeness (QED) is 0.923. The Morgan fingerprint density at radius 2 is 1.89 bits per heavy atom. The summed E-state index contributed by atoms with van der Waals surface area (Å²) in [5.41, 5.74) is 1.00. The number of anilines is 1. The lowest BCUT2D eigenvalue weighted by Crippen LogP contribution is -2.13. The van der Waals surface area contributed by atoms with Crippen LogP contribution >= 0.6 is 15.9 Å². The second-order valence-electron chi connectivity index (χ2n) is 4.03. The summed E-state index contributed by atoms with van der Waals surface area (Å²) in [6.45, 7) is 1.80. The van der Waals surface area contributed by atoms with Crippen molar-refractivity contribution in [2.75, 3.05) is 4.72 Å². The van der Waals surface area contributed by atoms with Crippen LogP contribution < -0.4 is 4.72 Å². The van der Waals surface area contributed by atoms with Crippen molar-refractivity contribution in [2.24, 2.45) is 0 Å². The molecule has 2 rings (SSSR count). The Bertz CT molecular complexity index is 716. The number of aryl methyl sites for hydroxylation is 1. The molecule has 0 spiro atoms. The maximum atomic E-state index is 13.0. The van der Waals surface area contributed by atoms with E-state index in [1.807, 2.05) is 0 Å². The maximum absolute atomic E-state index is 13.0. The summed E-state index contributed by atoms with van der Waals surface area (Å²) in [5.74, 6) is -0.493. The molecule has 2 aromatic rings. The van der Waals surface area contributed by atoms with Gasteiger partial charge in [0.25, 0.3) is 10.0 Å². The number of hydrogen-bond donors (Lipinski definition) is 1. The Morgan fingerprint density at radius 1 is 1.16 bits per heavy atom. The molecule has 2 aromatic carbocycles. The molecule has 6 heteroatoms. The van der Waals surface area contributed by atoms with Crippen LogP contribution in [0.1, 0.15) is 5.56 Å². The number of halogens is 2. The minimum atomic E-state index is -3.71. The average molecular weight is 344 g/mol. The van der Waals surface area contributed by atoms with Crippen molar-refractivity contribution in [3.05, 3.63) is 58.3 Å². The minimum Gasteiger partial charge on any atom is -0.280 e. The molecule has 0 aliphatic rings. The lowest BCUT2D eigenvalue weighted by molar-refractivity contribution is 0.601. The van der Waals surface area contributed by atoms with Crippen molar-refractivity contribution in [1.29, 1.82) is 0 Å². The van der Waals surface area contributed by atoms with Crippen molar-refractivity contribution < 1.29 is 12.8 Å². The molecule has 0 aromatic heterocycles. The first-order valence-electron chi connectivity index (χ1n) is 5.43. The third-order valence-electron chi connectivity index (χ3n) is 2.52. The Balaban J connectivity index is 2.35. The van der Waals surface area contributed by atoms with Gasteiger partial charge >= 0.3 is 0 Å². The van der Waals surface area contributed by atoms with E-state index in [0.717, 1.165) is 16.1 Å². The van der Waals surface area contributed by atoms with E-state index in [1.165, 1.54) is 24.3 Å². The zero-order chi connectivity index (χ0) is 14.0. The van der Waals surface area contributed by atoms with E-state index in [2.05, 4.69) is 20.7 Å². The summed E-state index contributed by atoms with van der Waals surface area (Å²) in [7, 11) is -3.71. The monoisotopic (exact) mass is 343 g/mol.